The largest absolute Gasteiger partial charge is 0.470 e. The summed E-state index contributed by atoms with van der Waals surface area (Å²) < 4.78 is 20.7. The molecule has 1 fully saturated rings. The summed E-state index contributed by atoms with van der Waals surface area (Å²) in [7, 11) is 0. The summed E-state index contributed by atoms with van der Waals surface area (Å²) in [5, 5.41) is 6.52. The first-order valence-electron chi connectivity index (χ1n) is 8.78. The van der Waals surface area contributed by atoms with Crippen molar-refractivity contribution in [2.24, 2.45) is 0 Å². The number of nitrogens with one attached hydrogen (secondary N) is 2. The molecule has 4 nitrogen and oxygen atoms in total. The van der Waals surface area contributed by atoms with Crippen LogP contribution in [0, 0.1) is 5.82 Å². The Labute approximate surface area is 156 Å². The van der Waals surface area contributed by atoms with Gasteiger partial charge in [0.15, 0.2) is 0 Å². The number of para-hydroxylation sites is 1. The van der Waals surface area contributed by atoms with Crippen LogP contribution in [0.1, 0.15) is 36.8 Å². The maximum absolute atomic E-state index is 14.5. The fourth-order valence-electron chi connectivity index (χ4n) is 3.77. The average Bonchev–Trinajstić information content (AvgIpc) is 2.63. The van der Waals surface area contributed by atoms with Crippen LogP contribution >= 0.6 is 11.6 Å². The van der Waals surface area contributed by atoms with Gasteiger partial charge in [0.2, 0.25) is 5.60 Å². The molecule has 4 rings (SSSR count). The third-order valence-electron chi connectivity index (χ3n) is 5.26. The molecule has 1 unspecified atom stereocenters. The Morgan fingerprint density at radius 2 is 2.00 bits per heavy atom. The number of anilines is 1. The second-order valence-corrected chi connectivity index (χ2v) is 7.40. The van der Waals surface area contributed by atoms with Crippen LogP contribution < -0.4 is 15.4 Å². The average molecular weight is 375 g/mol. The lowest BCUT2D eigenvalue weighted by Crippen LogP contribution is -2.46. The van der Waals surface area contributed by atoms with E-state index in [0.29, 0.717) is 17.4 Å². The smallest absolute Gasteiger partial charge is 0.273 e. The molecule has 2 heterocycles. The summed E-state index contributed by atoms with van der Waals surface area (Å²) in [6.07, 6.45) is 2.00. The molecule has 26 heavy (non-hydrogen) atoms. The van der Waals surface area contributed by atoms with Crippen LogP contribution in [0.25, 0.3) is 0 Å². The van der Waals surface area contributed by atoms with E-state index in [1.54, 1.807) is 13.0 Å². The van der Waals surface area contributed by atoms with E-state index >= 15 is 0 Å². The van der Waals surface area contributed by atoms with E-state index in [1.807, 2.05) is 18.2 Å². The van der Waals surface area contributed by atoms with Gasteiger partial charge in [-0.1, -0.05) is 29.8 Å². The molecule has 0 radical (unpaired) electrons. The number of rotatable bonds is 2. The fourth-order valence-corrected chi connectivity index (χ4v) is 3.93. The molecule has 2 aromatic rings. The lowest BCUT2D eigenvalue weighted by Gasteiger charge is -2.37. The Kier molecular flexibility index (Phi) is 4.37. The van der Waals surface area contributed by atoms with Crippen LogP contribution in [0.15, 0.2) is 36.4 Å². The maximum atomic E-state index is 14.5. The van der Waals surface area contributed by atoms with Crippen LogP contribution in [-0.4, -0.2) is 19.0 Å². The number of halogens is 2. The van der Waals surface area contributed by atoms with Crippen molar-refractivity contribution in [1.82, 2.24) is 5.32 Å². The summed E-state index contributed by atoms with van der Waals surface area (Å²) in [5.74, 6) is 0.0306. The Morgan fingerprint density at radius 3 is 2.73 bits per heavy atom. The highest BCUT2D eigenvalue weighted by molar-refractivity contribution is 6.30. The summed E-state index contributed by atoms with van der Waals surface area (Å²) in [5.41, 5.74) is 0.415. The number of hydrogen-bond donors (Lipinski definition) is 2. The van der Waals surface area contributed by atoms with Crippen LogP contribution in [0.5, 0.6) is 5.75 Å². The molecule has 0 aliphatic carbocycles. The van der Waals surface area contributed by atoms with Crippen molar-refractivity contribution in [2.75, 3.05) is 18.4 Å². The number of amides is 1. The summed E-state index contributed by atoms with van der Waals surface area (Å²) in [6.45, 7) is 3.49. The van der Waals surface area contributed by atoms with Crippen LogP contribution in [0.4, 0.5) is 10.1 Å². The van der Waals surface area contributed by atoms with E-state index in [2.05, 4.69) is 10.6 Å². The summed E-state index contributed by atoms with van der Waals surface area (Å²) in [6, 6.07) is 10.0. The standard InChI is InChI=1S/C20H20ClFN2O2/c1-20(15-6-5-13(21)11-16(15)22)19(25)24-17-4-2-3-14(18(17)26-20)12-7-9-23-10-8-12/h2-6,11-12,23H,7-10H2,1H3,(H,24,25). The Balaban J connectivity index is 1.78. The van der Waals surface area contributed by atoms with Gasteiger partial charge in [-0.2, -0.15) is 0 Å². The zero-order valence-corrected chi connectivity index (χ0v) is 15.2. The molecular formula is C20H20ClFN2O2. The van der Waals surface area contributed by atoms with E-state index in [4.69, 9.17) is 16.3 Å². The lowest BCUT2D eigenvalue weighted by atomic mass is 9.87. The molecule has 6 heteroatoms. The van der Waals surface area contributed by atoms with Gasteiger partial charge in [0.05, 0.1) is 5.69 Å². The molecule has 1 saturated heterocycles. The third-order valence-corrected chi connectivity index (χ3v) is 5.49. The number of hydrogen-bond acceptors (Lipinski definition) is 3. The number of ether oxygens (including phenoxy) is 1. The van der Waals surface area contributed by atoms with Gasteiger partial charge in [0.25, 0.3) is 5.91 Å². The molecule has 0 aromatic heterocycles. The first-order chi connectivity index (χ1) is 12.5. The number of carbonyl (C=O) groups is 1. The highest BCUT2D eigenvalue weighted by atomic mass is 35.5. The second-order valence-electron chi connectivity index (χ2n) is 6.96. The van der Waals surface area contributed by atoms with E-state index in [1.165, 1.54) is 12.1 Å². The van der Waals surface area contributed by atoms with E-state index < -0.39 is 17.3 Å². The van der Waals surface area contributed by atoms with Crippen molar-refractivity contribution < 1.29 is 13.9 Å². The SMILES string of the molecule is CC1(c2ccc(Cl)cc2F)Oc2c(cccc2C2CCNCC2)NC1=O. The molecule has 2 N–H and O–H groups in total. The zero-order chi connectivity index (χ0) is 18.3. The van der Waals surface area contributed by atoms with Gasteiger partial charge in [-0.3, -0.25) is 4.79 Å². The quantitative estimate of drug-likeness (QED) is 0.828. The van der Waals surface area contributed by atoms with Crippen molar-refractivity contribution >= 4 is 23.2 Å². The molecule has 2 aromatic carbocycles. The highest BCUT2D eigenvalue weighted by Crippen LogP contribution is 2.45. The Morgan fingerprint density at radius 1 is 1.23 bits per heavy atom. The van der Waals surface area contributed by atoms with Gasteiger partial charge in [-0.15, -0.1) is 0 Å². The number of benzene rings is 2. The minimum atomic E-state index is -1.45. The first-order valence-corrected chi connectivity index (χ1v) is 9.16. The normalized spacial score (nSPS) is 23.1. The predicted molar refractivity (Wildman–Crippen MR) is 99.3 cm³/mol. The van der Waals surface area contributed by atoms with Gasteiger partial charge in [-0.05, 0) is 62.5 Å². The molecule has 2 aliphatic rings. The van der Waals surface area contributed by atoms with Gasteiger partial charge < -0.3 is 15.4 Å². The highest BCUT2D eigenvalue weighted by Gasteiger charge is 2.44. The first kappa shape index (κ1) is 17.3. The second kappa shape index (κ2) is 6.56. The molecular weight excluding hydrogens is 355 g/mol. The third kappa shape index (κ3) is 2.85. The molecule has 0 bridgehead atoms. The topological polar surface area (TPSA) is 50.4 Å². The van der Waals surface area contributed by atoms with Crippen molar-refractivity contribution in [3.05, 3.63) is 58.4 Å². The number of fused-ring (bicyclic) bond motifs is 1. The monoisotopic (exact) mass is 374 g/mol. The molecule has 136 valence electrons. The van der Waals surface area contributed by atoms with Crippen molar-refractivity contribution in [2.45, 2.75) is 31.3 Å². The Hall–Kier alpha value is -2.11. The van der Waals surface area contributed by atoms with Crippen molar-refractivity contribution in [1.29, 1.82) is 0 Å². The van der Waals surface area contributed by atoms with Gasteiger partial charge in [-0.25, -0.2) is 4.39 Å². The fraction of sp³-hybridized carbons (Fsp3) is 0.350. The predicted octanol–water partition coefficient (Wildman–Crippen LogP) is 4.19. The molecule has 1 atom stereocenters. The minimum Gasteiger partial charge on any atom is -0.470 e. The molecule has 2 aliphatic heterocycles. The minimum absolute atomic E-state index is 0.171. The maximum Gasteiger partial charge on any atom is 0.273 e. The van der Waals surface area contributed by atoms with Crippen LogP contribution in [-0.2, 0) is 10.4 Å². The van der Waals surface area contributed by atoms with Crippen molar-refractivity contribution in [3.8, 4) is 5.75 Å². The summed E-state index contributed by atoms with van der Waals surface area (Å²) >= 11 is 5.86. The summed E-state index contributed by atoms with van der Waals surface area (Å²) in [4.78, 5) is 12.8. The van der Waals surface area contributed by atoms with Gasteiger partial charge >= 0.3 is 0 Å². The molecule has 0 spiro atoms. The van der Waals surface area contributed by atoms with Gasteiger partial charge in [0.1, 0.15) is 11.6 Å². The number of piperidine rings is 1. The molecule has 0 saturated carbocycles. The lowest BCUT2D eigenvalue weighted by molar-refractivity contribution is -0.132. The molecule has 1 amide bonds. The van der Waals surface area contributed by atoms with E-state index in [-0.39, 0.29) is 10.6 Å². The van der Waals surface area contributed by atoms with Crippen LogP contribution in [0.3, 0.4) is 0 Å². The van der Waals surface area contributed by atoms with Crippen molar-refractivity contribution in [3.63, 3.8) is 0 Å². The van der Waals surface area contributed by atoms with E-state index in [0.717, 1.165) is 31.5 Å². The Bertz CT molecular complexity index is 867. The van der Waals surface area contributed by atoms with Crippen LogP contribution in [0.2, 0.25) is 5.02 Å². The number of carbonyl (C=O) groups excluding carboxylic acids is 1. The van der Waals surface area contributed by atoms with Gasteiger partial charge in [0, 0.05) is 10.6 Å². The van der Waals surface area contributed by atoms with E-state index in [9.17, 15) is 9.18 Å². The zero-order valence-electron chi connectivity index (χ0n) is 14.4.